The Morgan fingerprint density at radius 1 is 1.10 bits per heavy atom. The Morgan fingerprint density at radius 2 is 1.83 bits per heavy atom. The van der Waals surface area contributed by atoms with E-state index in [1.165, 1.54) is 4.68 Å². The van der Waals surface area contributed by atoms with Crippen molar-refractivity contribution in [1.82, 2.24) is 29.8 Å². The first-order chi connectivity index (χ1) is 19.4. The number of aromatic nitrogens is 4. The van der Waals surface area contributed by atoms with Crippen LogP contribution in [0.5, 0.6) is 0 Å². The number of benzene rings is 2. The molecule has 4 aromatic rings. The summed E-state index contributed by atoms with van der Waals surface area (Å²) in [6, 6.07) is 9.54. The minimum atomic E-state index is -4.70. The van der Waals surface area contributed by atoms with Gasteiger partial charge in [0, 0.05) is 30.9 Å². The first kappa shape index (κ1) is 27.8. The van der Waals surface area contributed by atoms with Crippen molar-refractivity contribution in [1.29, 1.82) is 0 Å². The summed E-state index contributed by atoms with van der Waals surface area (Å²) in [5, 5.41) is 14.1. The van der Waals surface area contributed by atoms with Gasteiger partial charge in [-0.05, 0) is 36.8 Å². The second-order valence-corrected chi connectivity index (χ2v) is 9.66. The molecular weight excluding hydrogens is 549 g/mol. The lowest BCUT2D eigenvalue weighted by Crippen LogP contribution is -2.43. The molecule has 1 saturated heterocycles. The monoisotopic (exact) mass is 573 g/mol. The number of hydrogen-bond donors (Lipinski definition) is 2. The highest BCUT2D eigenvalue weighted by Gasteiger charge is 2.46. The van der Waals surface area contributed by atoms with Crippen LogP contribution in [0.4, 0.5) is 32.6 Å². The lowest BCUT2D eigenvalue weighted by atomic mass is 9.93. The van der Waals surface area contributed by atoms with E-state index in [4.69, 9.17) is 0 Å². The van der Waals surface area contributed by atoms with Gasteiger partial charge in [-0.2, -0.15) is 23.4 Å². The lowest BCUT2D eigenvalue weighted by molar-refractivity contribution is -0.157. The van der Waals surface area contributed by atoms with Crippen molar-refractivity contribution in [3.05, 3.63) is 83.7 Å². The van der Waals surface area contributed by atoms with Gasteiger partial charge in [-0.25, -0.2) is 18.3 Å². The van der Waals surface area contributed by atoms with Crippen LogP contribution in [0.25, 0.3) is 16.9 Å². The van der Waals surface area contributed by atoms with Crippen LogP contribution in [-0.4, -0.2) is 61.7 Å². The molecule has 0 radical (unpaired) electrons. The summed E-state index contributed by atoms with van der Waals surface area (Å²) < 4.78 is 70.2. The molecule has 0 unspecified atom stereocenters. The topological polar surface area (TPSA) is 97.1 Å². The molecule has 2 aromatic heterocycles. The molecule has 5 rings (SSSR count). The summed E-state index contributed by atoms with van der Waals surface area (Å²) in [6.45, 7) is -0.313. The van der Waals surface area contributed by atoms with Gasteiger partial charge in [0.1, 0.15) is 18.1 Å². The van der Waals surface area contributed by atoms with Gasteiger partial charge in [-0.1, -0.05) is 24.3 Å². The van der Waals surface area contributed by atoms with E-state index in [1.807, 2.05) is 6.07 Å². The van der Waals surface area contributed by atoms with Crippen molar-refractivity contribution in [3.63, 3.8) is 0 Å². The van der Waals surface area contributed by atoms with Gasteiger partial charge in [-0.3, -0.25) is 14.8 Å². The van der Waals surface area contributed by atoms with E-state index in [0.29, 0.717) is 27.4 Å². The van der Waals surface area contributed by atoms with E-state index >= 15 is 0 Å². The van der Waals surface area contributed by atoms with Crippen molar-refractivity contribution < 1.29 is 31.5 Å². The van der Waals surface area contributed by atoms with Gasteiger partial charge in [0.2, 0.25) is 5.91 Å². The summed E-state index contributed by atoms with van der Waals surface area (Å²) in [5.41, 5.74) is 2.35. The molecule has 41 heavy (non-hydrogen) atoms. The van der Waals surface area contributed by atoms with Gasteiger partial charge in [0.05, 0.1) is 23.8 Å². The Labute approximate surface area is 230 Å². The average molecular weight is 574 g/mol. The number of rotatable bonds is 6. The molecule has 0 aliphatic carbocycles. The van der Waals surface area contributed by atoms with E-state index < -0.39 is 54.8 Å². The highest BCUT2D eigenvalue weighted by Crippen LogP contribution is 2.33. The zero-order valence-corrected chi connectivity index (χ0v) is 21.8. The first-order valence-electron chi connectivity index (χ1n) is 12.4. The fraction of sp³-hybridized carbons (Fsp3) is 0.259. The van der Waals surface area contributed by atoms with Crippen molar-refractivity contribution in [2.24, 2.45) is 7.05 Å². The largest absolute Gasteiger partial charge is 0.406 e. The number of likely N-dealkylation sites (tertiary alicyclic amines) is 1. The summed E-state index contributed by atoms with van der Waals surface area (Å²) >= 11 is 0. The number of alkyl halides is 3. The molecule has 3 heterocycles. The van der Waals surface area contributed by atoms with Crippen molar-refractivity contribution in [3.8, 4) is 16.9 Å². The molecular formula is C27H24F5N7O2. The number of amides is 3. The van der Waals surface area contributed by atoms with Crippen LogP contribution < -0.4 is 10.6 Å². The fourth-order valence-corrected chi connectivity index (χ4v) is 4.90. The lowest BCUT2D eigenvalue weighted by Gasteiger charge is -2.20. The normalized spacial score (nSPS) is 17.2. The van der Waals surface area contributed by atoms with E-state index in [0.717, 1.165) is 18.2 Å². The number of urea groups is 1. The third kappa shape index (κ3) is 5.76. The van der Waals surface area contributed by atoms with Crippen LogP contribution >= 0.6 is 0 Å². The molecule has 1 aliphatic rings. The van der Waals surface area contributed by atoms with Gasteiger partial charge in [0.25, 0.3) is 0 Å². The molecule has 14 heteroatoms. The number of nitrogens with one attached hydrogen (secondary N) is 2. The number of aryl methyl sites for hydroxylation is 1. The Morgan fingerprint density at radius 3 is 2.46 bits per heavy atom. The fourth-order valence-electron chi connectivity index (χ4n) is 4.90. The highest BCUT2D eigenvalue weighted by molar-refractivity contribution is 5.93. The van der Waals surface area contributed by atoms with E-state index in [2.05, 4.69) is 20.8 Å². The smallest absolute Gasteiger partial charge is 0.332 e. The maximum absolute atomic E-state index is 14.0. The quantitative estimate of drug-likeness (QED) is 0.331. The Kier molecular flexibility index (Phi) is 7.24. The first-order valence-corrected chi connectivity index (χ1v) is 12.4. The summed E-state index contributed by atoms with van der Waals surface area (Å²) in [4.78, 5) is 26.8. The summed E-state index contributed by atoms with van der Waals surface area (Å²) in [7, 11) is 1.74. The SMILES string of the molecule is Cc1c(-c2cnn(C)c2)nn(-c2ccccc2)c1NC(=O)N[C@@H]1CN(CC(F)(F)F)C(=O)[C@H]1c1ccc(F)c(F)c1. The third-order valence-electron chi connectivity index (χ3n) is 6.72. The van der Waals surface area contributed by atoms with Crippen LogP contribution in [0.3, 0.4) is 0 Å². The second-order valence-electron chi connectivity index (χ2n) is 9.66. The molecule has 214 valence electrons. The molecule has 2 atom stereocenters. The Bertz CT molecular complexity index is 1600. The van der Waals surface area contributed by atoms with Gasteiger partial charge < -0.3 is 10.2 Å². The molecule has 9 nitrogen and oxygen atoms in total. The maximum atomic E-state index is 14.0. The number of para-hydroxylation sites is 1. The Balaban J connectivity index is 1.46. The van der Waals surface area contributed by atoms with E-state index in [9.17, 15) is 31.5 Å². The molecule has 1 aliphatic heterocycles. The molecule has 2 aromatic carbocycles. The average Bonchev–Trinajstić information content (AvgIpc) is 3.56. The van der Waals surface area contributed by atoms with Crippen molar-refractivity contribution >= 4 is 17.8 Å². The molecule has 2 N–H and O–H groups in total. The molecule has 0 saturated carbocycles. The standard InChI is InChI=1S/C27H24F5N7O2/c1-15-23(17-11-33-37(2)12-17)36-39(18-6-4-3-5-7-18)24(15)35-26(41)34-21-13-38(14-27(30,31)32)25(40)22(21)16-8-9-19(28)20(29)10-16/h3-12,21-22H,13-14H2,1-2H3,(H2,34,35,41)/t21-,22+/m1/s1. The second kappa shape index (κ2) is 10.7. The highest BCUT2D eigenvalue weighted by atomic mass is 19.4. The summed E-state index contributed by atoms with van der Waals surface area (Å²) in [6.07, 6.45) is -1.34. The van der Waals surface area contributed by atoms with E-state index in [-0.39, 0.29) is 11.4 Å². The maximum Gasteiger partial charge on any atom is 0.406 e. The number of nitrogens with zero attached hydrogens (tertiary/aromatic N) is 5. The van der Waals surface area contributed by atoms with Gasteiger partial charge >= 0.3 is 12.2 Å². The molecule has 0 bridgehead atoms. The molecule has 0 spiro atoms. The van der Waals surface area contributed by atoms with Crippen LogP contribution in [0, 0.1) is 18.6 Å². The minimum Gasteiger partial charge on any atom is -0.332 e. The van der Waals surface area contributed by atoms with Crippen molar-refractivity contribution in [2.75, 3.05) is 18.4 Å². The predicted molar refractivity (Wildman–Crippen MR) is 138 cm³/mol. The van der Waals surface area contributed by atoms with Crippen LogP contribution in [0.2, 0.25) is 0 Å². The van der Waals surface area contributed by atoms with Crippen molar-refractivity contribution in [2.45, 2.75) is 25.1 Å². The van der Waals surface area contributed by atoms with Crippen LogP contribution in [0.1, 0.15) is 17.0 Å². The zero-order chi connectivity index (χ0) is 29.5. The van der Waals surface area contributed by atoms with Crippen LogP contribution in [-0.2, 0) is 11.8 Å². The number of carbonyl (C=O) groups excluding carboxylic acids is 2. The van der Waals surface area contributed by atoms with Crippen LogP contribution in [0.15, 0.2) is 60.9 Å². The Hall–Kier alpha value is -4.75. The number of halogens is 5. The molecule has 3 amide bonds. The predicted octanol–water partition coefficient (Wildman–Crippen LogP) is 4.54. The van der Waals surface area contributed by atoms with Gasteiger partial charge in [0.15, 0.2) is 11.6 Å². The van der Waals surface area contributed by atoms with E-state index in [1.54, 1.807) is 55.3 Å². The third-order valence-corrected chi connectivity index (χ3v) is 6.72. The number of carbonyl (C=O) groups is 2. The zero-order valence-electron chi connectivity index (χ0n) is 21.8. The minimum absolute atomic E-state index is 0.0618. The summed E-state index contributed by atoms with van der Waals surface area (Å²) in [5.74, 6) is -4.51. The number of anilines is 1. The number of hydrogen-bond acceptors (Lipinski definition) is 4. The molecule has 1 fully saturated rings. The van der Waals surface area contributed by atoms with Gasteiger partial charge in [-0.15, -0.1) is 0 Å².